The molecule has 2 N–H and O–H groups in total. The van der Waals surface area contributed by atoms with Crippen LogP contribution in [0.5, 0.6) is 0 Å². The van der Waals surface area contributed by atoms with E-state index in [-0.39, 0.29) is 0 Å². The highest BCUT2D eigenvalue weighted by atomic mass is 14.9. The molecule has 96 valence electrons. The zero-order valence-corrected chi connectivity index (χ0v) is 11.4. The Morgan fingerprint density at radius 2 is 1.89 bits per heavy atom. The van der Waals surface area contributed by atoms with Crippen LogP contribution in [0.3, 0.4) is 0 Å². The van der Waals surface area contributed by atoms with E-state index in [9.17, 15) is 0 Å². The first kappa shape index (κ1) is 13.0. The van der Waals surface area contributed by atoms with Gasteiger partial charge in [-0.15, -0.1) is 0 Å². The SMILES string of the molecule is CNCCNCc1c(C)c(C)nc2ccccc12. The van der Waals surface area contributed by atoms with Crippen LogP contribution in [0.15, 0.2) is 24.3 Å². The summed E-state index contributed by atoms with van der Waals surface area (Å²) in [5, 5.41) is 7.88. The van der Waals surface area contributed by atoms with Gasteiger partial charge in [0.2, 0.25) is 0 Å². The second kappa shape index (κ2) is 5.94. The van der Waals surface area contributed by atoms with E-state index < -0.39 is 0 Å². The molecule has 0 radical (unpaired) electrons. The lowest BCUT2D eigenvalue weighted by Crippen LogP contribution is -2.25. The van der Waals surface area contributed by atoms with Crippen LogP contribution in [-0.2, 0) is 6.54 Å². The summed E-state index contributed by atoms with van der Waals surface area (Å²) in [5.41, 5.74) is 4.88. The first-order valence-electron chi connectivity index (χ1n) is 6.44. The lowest BCUT2D eigenvalue weighted by molar-refractivity contribution is 0.650. The van der Waals surface area contributed by atoms with Gasteiger partial charge in [-0.05, 0) is 38.1 Å². The number of fused-ring (bicyclic) bond motifs is 1. The monoisotopic (exact) mass is 243 g/mol. The van der Waals surface area contributed by atoms with Gasteiger partial charge in [0.15, 0.2) is 0 Å². The van der Waals surface area contributed by atoms with E-state index in [0.29, 0.717) is 0 Å². The van der Waals surface area contributed by atoms with Gasteiger partial charge in [-0.25, -0.2) is 0 Å². The van der Waals surface area contributed by atoms with Crippen molar-refractivity contribution in [2.75, 3.05) is 20.1 Å². The summed E-state index contributed by atoms with van der Waals surface area (Å²) in [5.74, 6) is 0. The maximum atomic E-state index is 4.64. The van der Waals surface area contributed by atoms with Crippen LogP contribution in [-0.4, -0.2) is 25.1 Å². The molecule has 0 saturated heterocycles. The van der Waals surface area contributed by atoms with Gasteiger partial charge in [-0.2, -0.15) is 0 Å². The summed E-state index contributed by atoms with van der Waals surface area (Å²) in [6, 6.07) is 8.36. The highest BCUT2D eigenvalue weighted by Gasteiger charge is 2.08. The van der Waals surface area contributed by atoms with Crippen molar-refractivity contribution in [2.24, 2.45) is 0 Å². The smallest absolute Gasteiger partial charge is 0.0708 e. The molecule has 0 aliphatic carbocycles. The Labute approximate surface area is 109 Å². The van der Waals surface area contributed by atoms with Crippen LogP contribution >= 0.6 is 0 Å². The number of rotatable bonds is 5. The van der Waals surface area contributed by atoms with E-state index in [4.69, 9.17) is 0 Å². The van der Waals surface area contributed by atoms with E-state index in [1.54, 1.807) is 0 Å². The largest absolute Gasteiger partial charge is 0.318 e. The Balaban J connectivity index is 2.31. The first-order valence-corrected chi connectivity index (χ1v) is 6.44. The summed E-state index contributed by atoms with van der Waals surface area (Å²) < 4.78 is 0. The fourth-order valence-corrected chi connectivity index (χ4v) is 2.17. The Hall–Kier alpha value is -1.45. The van der Waals surface area contributed by atoms with Crippen LogP contribution in [0, 0.1) is 13.8 Å². The molecule has 0 amide bonds. The van der Waals surface area contributed by atoms with Crippen LogP contribution in [0.4, 0.5) is 0 Å². The Bertz CT molecular complexity index is 534. The highest BCUT2D eigenvalue weighted by molar-refractivity contribution is 5.83. The number of hydrogen-bond donors (Lipinski definition) is 2. The molecule has 0 aliphatic heterocycles. The minimum absolute atomic E-state index is 0.900. The summed E-state index contributed by atoms with van der Waals surface area (Å²) in [7, 11) is 1.97. The normalized spacial score (nSPS) is 11.1. The van der Waals surface area contributed by atoms with Gasteiger partial charge in [-0.1, -0.05) is 18.2 Å². The van der Waals surface area contributed by atoms with Gasteiger partial charge in [-0.3, -0.25) is 4.98 Å². The Morgan fingerprint density at radius 3 is 2.67 bits per heavy atom. The second-order valence-corrected chi connectivity index (χ2v) is 4.60. The molecular weight excluding hydrogens is 222 g/mol. The molecule has 1 aromatic carbocycles. The number of nitrogens with zero attached hydrogens (tertiary/aromatic N) is 1. The third-order valence-corrected chi connectivity index (χ3v) is 3.37. The number of likely N-dealkylation sites (N-methyl/N-ethyl adjacent to an activating group) is 1. The second-order valence-electron chi connectivity index (χ2n) is 4.60. The van der Waals surface area contributed by atoms with E-state index in [2.05, 4.69) is 47.7 Å². The minimum atomic E-state index is 0.900. The molecule has 3 heteroatoms. The number of pyridine rings is 1. The third-order valence-electron chi connectivity index (χ3n) is 3.37. The van der Waals surface area contributed by atoms with E-state index >= 15 is 0 Å². The van der Waals surface area contributed by atoms with Gasteiger partial charge in [0, 0.05) is 30.7 Å². The summed E-state index contributed by atoms with van der Waals surface area (Å²) in [6.07, 6.45) is 0. The standard InChI is InChI=1S/C15H21N3/c1-11-12(2)18-15-7-5-4-6-13(15)14(11)10-17-9-8-16-3/h4-7,16-17H,8-10H2,1-3H3. The Morgan fingerprint density at radius 1 is 1.11 bits per heavy atom. The lowest BCUT2D eigenvalue weighted by Gasteiger charge is -2.13. The molecule has 1 aromatic heterocycles. The fraction of sp³-hybridized carbons (Fsp3) is 0.400. The average Bonchev–Trinajstić information content (AvgIpc) is 2.38. The number of hydrogen-bond acceptors (Lipinski definition) is 3. The molecule has 0 atom stereocenters. The third kappa shape index (κ3) is 2.68. The van der Waals surface area contributed by atoms with Crippen LogP contribution in [0.25, 0.3) is 10.9 Å². The number of aromatic nitrogens is 1. The van der Waals surface area contributed by atoms with Crippen molar-refractivity contribution in [1.82, 2.24) is 15.6 Å². The Kier molecular flexibility index (Phi) is 4.28. The topological polar surface area (TPSA) is 37.0 Å². The molecule has 0 fully saturated rings. The van der Waals surface area contributed by atoms with Gasteiger partial charge >= 0.3 is 0 Å². The van der Waals surface area contributed by atoms with Crippen molar-refractivity contribution < 1.29 is 0 Å². The lowest BCUT2D eigenvalue weighted by atomic mass is 10.0. The van der Waals surface area contributed by atoms with Crippen LogP contribution < -0.4 is 10.6 Å². The van der Waals surface area contributed by atoms with Crippen molar-refractivity contribution in [3.05, 3.63) is 41.1 Å². The average molecular weight is 243 g/mol. The number of nitrogens with one attached hydrogen (secondary N) is 2. The molecule has 2 aromatic rings. The molecule has 18 heavy (non-hydrogen) atoms. The first-order chi connectivity index (χ1) is 8.74. The predicted octanol–water partition coefficient (Wildman–Crippen LogP) is 2.16. The van der Waals surface area contributed by atoms with E-state index in [1.807, 2.05) is 13.1 Å². The zero-order chi connectivity index (χ0) is 13.0. The van der Waals surface area contributed by atoms with Crippen molar-refractivity contribution in [1.29, 1.82) is 0 Å². The summed E-state index contributed by atoms with van der Waals surface area (Å²) >= 11 is 0. The summed E-state index contributed by atoms with van der Waals surface area (Å²) in [6.45, 7) is 7.10. The number of aryl methyl sites for hydroxylation is 1. The van der Waals surface area contributed by atoms with Gasteiger partial charge in [0.05, 0.1) is 5.52 Å². The minimum Gasteiger partial charge on any atom is -0.318 e. The van der Waals surface area contributed by atoms with Crippen LogP contribution in [0.1, 0.15) is 16.8 Å². The van der Waals surface area contributed by atoms with E-state index in [1.165, 1.54) is 16.5 Å². The molecule has 0 bridgehead atoms. The van der Waals surface area contributed by atoms with E-state index in [0.717, 1.165) is 30.8 Å². The van der Waals surface area contributed by atoms with Crippen molar-refractivity contribution in [3.63, 3.8) is 0 Å². The van der Waals surface area contributed by atoms with Gasteiger partial charge in [0.1, 0.15) is 0 Å². The van der Waals surface area contributed by atoms with Gasteiger partial charge in [0.25, 0.3) is 0 Å². The quantitative estimate of drug-likeness (QED) is 0.790. The van der Waals surface area contributed by atoms with Crippen molar-refractivity contribution in [2.45, 2.75) is 20.4 Å². The maximum absolute atomic E-state index is 4.64. The zero-order valence-electron chi connectivity index (χ0n) is 11.4. The van der Waals surface area contributed by atoms with Crippen molar-refractivity contribution in [3.8, 4) is 0 Å². The molecule has 1 heterocycles. The molecule has 3 nitrogen and oxygen atoms in total. The van der Waals surface area contributed by atoms with Crippen molar-refractivity contribution >= 4 is 10.9 Å². The number of benzene rings is 1. The predicted molar refractivity (Wildman–Crippen MR) is 76.9 cm³/mol. The molecule has 0 saturated carbocycles. The summed E-state index contributed by atoms with van der Waals surface area (Å²) in [4.78, 5) is 4.64. The molecule has 2 rings (SSSR count). The highest BCUT2D eigenvalue weighted by Crippen LogP contribution is 2.22. The number of para-hydroxylation sites is 1. The maximum Gasteiger partial charge on any atom is 0.0708 e. The molecule has 0 aliphatic rings. The molecular formula is C15H21N3. The fourth-order valence-electron chi connectivity index (χ4n) is 2.17. The van der Waals surface area contributed by atoms with Crippen LogP contribution in [0.2, 0.25) is 0 Å². The molecule has 0 spiro atoms. The molecule has 0 unspecified atom stereocenters. The van der Waals surface area contributed by atoms with Gasteiger partial charge < -0.3 is 10.6 Å².